The van der Waals surface area contributed by atoms with Gasteiger partial charge in [0, 0.05) is 12.2 Å². The second kappa shape index (κ2) is 8.89. The molecule has 0 radical (unpaired) electrons. The smallest absolute Gasteiger partial charge is 0.419 e. The van der Waals surface area contributed by atoms with Crippen LogP contribution in [0.5, 0.6) is 5.75 Å². The quantitative estimate of drug-likeness (QED) is 0.208. The molecular weight excluding hydrogens is 509 g/mol. The van der Waals surface area contributed by atoms with Crippen LogP contribution in [-0.4, -0.2) is 40.0 Å². The molecule has 0 spiro atoms. The molecule has 0 saturated carbocycles. The lowest BCUT2D eigenvalue weighted by Gasteiger charge is -2.27. The summed E-state index contributed by atoms with van der Waals surface area (Å²) in [6, 6.07) is 13.0. The van der Waals surface area contributed by atoms with Gasteiger partial charge in [0.25, 0.3) is 11.7 Å². The fourth-order valence-corrected chi connectivity index (χ4v) is 3.69. The minimum atomic E-state index is -4.50. The minimum Gasteiger partial charge on any atom is -0.464 e. The first-order valence-electron chi connectivity index (χ1n) is 9.45. The van der Waals surface area contributed by atoms with Crippen molar-refractivity contribution in [2.24, 2.45) is 5.73 Å². The highest BCUT2D eigenvalue weighted by molar-refractivity contribution is 9.10. The van der Waals surface area contributed by atoms with Crippen molar-refractivity contribution in [3.63, 3.8) is 0 Å². The second-order valence-corrected chi connectivity index (χ2v) is 8.06. The number of benzene rings is 2. The first-order valence-corrected chi connectivity index (χ1v) is 10.2. The highest BCUT2D eigenvalue weighted by atomic mass is 79.9. The molecule has 3 aromatic rings. The van der Waals surface area contributed by atoms with Crippen LogP contribution in [0.25, 0.3) is 10.9 Å². The summed E-state index contributed by atoms with van der Waals surface area (Å²) in [5, 5.41) is -0.155. The standard InChI is InChI=1S/C22H18BrF3N2O5/c1-12-16(18(29)19(27)30)17-14(28(12)11-13-7-4-3-5-8-13)9-6-10-15(17)33-21(24,20(31)32-2)22(23,25)26/h3-10H,11H2,1-2H3,(H2,27,30). The summed E-state index contributed by atoms with van der Waals surface area (Å²) in [4.78, 5) is 31.8. The van der Waals surface area contributed by atoms with E-state index in [1.165, 1.54) is 19.1 Å². The molecule has 7 nitrogen and oxygen atoms in total. The van der Waals surface area contributed by atoms with Gasteiger partial charge in [-0.3, -0.25) is 9.59 Å². The average molecular weight is 527 g/mol. The Balaban J connectivity index is 2.30. The number of halogens is 4. The number of Topliss-reactive ketones (excluding diaryl/α,β-unsaturated/α-hetero) is 1. The second-order valence-electron chi connectivity index (χ2n) is 7.06. The lowest BCUT2D eigenvalue weighted by Crippen LogP contribution is -2.52. The number of methoxy groups -OCH3 is 1. The van der Waals surface area contributed by atoms with Crippen LogP contribution in [0.15, 0.2) is 48.5 Å². The van der Waals surface area contributed by atoms with Gasteiger partial charge in [0.05, 0.1) is 23.6 Å². The first-order chi connectivity index (χ1) is 15.4. The van der Waals surface area contributed by atoms with Gasteiger partial charge in [0.15, 0.2) is 0 Å². The summed E-state index contributed by atoms with van der Waals surface area (Å²) in [5.41, 5.74) is 6.29. The average Bonchev–Trinajstić information content (AvgIpc) is 3.04. The number of primary amides is 1. The van der Waals surface area contributed by atoms with E-state index in [1.54, 1.807) is 16.7 Å². The monoisotopic (exact) mass is 526 g/mol. The predicted molar refractivity (Wildman–Crippen MR) is 116 cm³/mol. The van der Waals surface area contributed by atoms with E-state index in [0.717, 1.165) is 11.6 Å². The topological polar surface area (TPSA) is 101 Å². The Hall–Kier alpha value is -3.34. The maximum absolute atomic E-state index is 15.2. The largest absolute Gasteiger partial charge is 0.464 e. The van der Waals surface area contributed by atoms with Crippen LogP contribution in [0.2, 0.25) is 0 Å². The van der Waals surface area contributed by atoms with Crippen LogP contribution < -0.4 is 10.5 Å². The van der Waals surface area contributed by atoms with Crippen LogP contribution in [0.1, 0.15) is 21.6 Å². The molecule has 1 aromatic heterocycles. The number of fused-ring (bicyclic) bond motifs is 1. The van der Waals surface area contributed by atoms with E-state index in [-0.39, 0.29) is 28.7 Å². The summed E-state index contributed by atoms with van der Waals surface area (Å²) in [5.74, 6) is -9.31. The number of hydrogen-bond donors (Lipinski definition) is 1. The molecule has 2 N–H and O–H groups in total. The third kappa shape index (κ3) is 4.32. The Morgan fingerprint density at radius 2 is 1.70 bits per heavy atom. The molecule has 174 valence electrons. The Morgan fingerprint density at radius 1 is 1.06 bits per heavy atom. The molecule has 0 aliphatic carbocycles. The molecule has 1 atom stereocenters. The number of nitrogens with two attached hydrogens (primary N) is 1. The highest BCUT2D eigenvalue weighted by Crippen LogP contribution is 2.43. The maximum Gasteiger partial charge on any atom is 0.419 e. The van der Waals surface area contributed by atoms with E-state index in [1.807, 2.05) is 34.1 Å². The molecule has 33 heavy (non-hydrogen) atoms. The number of rotatable bonds is 8. The number of amides is 1. The van der Waals surface area contributed by atoms with Crippen molar-refractivity contribution in [2.45, 2.75) is 24.2 Å². The van der Waals surface area contributed by atoms with Crippen molar-refractivity contribution in [1.29, 1.82) is 0 Å². The molecule has 1 unspecified atom stereocenters. The number of carbonyl (C=O) groups excluding carboxylic acids is 3. The number of hydrogen-bond acceptors (Lipinski definition) is 5. The molecule has 1 amide bonds. The van der Waals surface area contributed by atoms with Gasteiger partial charge in [0.1, 0.15) is 5.75 Å². The van der Waals surface area contributed by atoms with Gasteiger partial charge in [-0.1, -0.05) is 36.4 Å². The van der Waals surface area contributed by atoms with E-state index < -0.39 is 34.1 Å². The van der Waals surface area contributed by atoms with Gasteiger partial charge in [0.2, 0.25) is 0 Å². The molecule has 3 rings (SSSR count). The SMILES string of the molecule is COC(=O)C(F)(Oc1cccc2c1c(C(=O)C(N)=O)c(C)n2Cc1ccccc1)C(F)(F)Br. The molecular formula is C22H18BrF3N2O5. The van der Waals surface area contributed by atoms with Gasteiger partial charge in [-0.15, -0.1) is 0 Å². The summed E-state index contributed by atoms with van der Waals surface area (Å²) < 4.78 is 53.9. The van der Waals surface area contributed by atoms with Crippen molar-refractivity contribution in [1.82, 2.24) is 4.57 Å². The normalized spacial score (nSPS) is 13.4. The van der Waals surface area contributed by atoms with Crippen LogP contribution in [-0.2, 0) is 20.9 Å². The molecule has 11 heteroatoms. The van der Waals surface area contributed by atoms with Crippen LogP contribution in [0.3, 0.4) is 0 Å². The van der Waals surface area contributed by atoms with Gasteiger partial charge in [-0.25, -0.2) is 4.79 Å². The molecule has 2 aromatic carbocycles. The van der Waals surface area contributed by atoms with E-state index in [2.05, 4.69) is 4.74 Å². The number of aromatic nitrogens is 1. The molecule has 0 fully saturated rings. The maximum atomic E-state index is 15.2. The molecule has 0 aliphatic rings. The van der Waals surface area contributed by atoms with Gasteiger partial charge in [-0.05, 0) is 40.5 Å². The zero-order valence-corrected chi connectivity index (χ0v) is 19.0. The number of ketones is 1. The van der Waals surface area contributed by atoms with Crippen molar-refractivity contribution < 1.29 is 37.0 Å². The van der Waals surface area contributed by atoms with Gasteiger partial charge < -0.3 is 19.8 Å². The van der Waals surface area contributed by atoms with Crippen molar-refractivity contribution >= 4 is 44.5 Å². The summed E-state index contributed by atoms with van der Waals surface area (Å²) in [7, 11) is 0.710. The number of nitrogens with zero attached hydrogens (tertiary/aromatic N) is 1. The van der Waals surface area contributed by atoms with Crippen LogP contribution >= 0.6 is 15.9 Å². The Bertz CT molecular complexity index is 1240. The highest BCUT2D eigenvalue weighted by Gasteiger charge is 2.64. The summed E-state index contributed by atoms with van der Waals surface area (Å²) in [6.45, 7) is 1.75. The lowest BCUT2D eigenvalue weighted by atomic mass is 10.1. The Kier molecular flexibility index (Phi) is 6.55. The van der Waals surface area contributed by atoms with Gasteiger partial charge in [-0.2, -0.15) is 13.2 Å². The predicted octanol–water partition coefficient (Wildman–Crippen LogP) is 3.87. The van der Waals surface area contributed by atoms with Crippen LogP contribution in [0.4, 0.5) is 13.2 Å². The van der Waals surface area contributed by atoms with E-state index >= 15 is 4.39 Å². The Labute approximate surface area is 194 Å². The summed E-state index contributed by atoms with van der Waals surface area (Å²) in [6.07, 6.45) is 0. The number of ether oxygens (including phenoxy) is 2. The molecule has 0 aliphatic heterocycles. The Morgan fingerprint density at radius 3 is 2.24 bits per heavy atom. The van der Waals surface area contributed by atoms with E-state index in [4.69, 9.17) is 10.5 Å². The molecule has 0 saturated heterocycles. The van der Waals surface area contributed by atoms with Crippen LogP contribution in [0, 0.1) is 6.92 Å². The van der Waals surface area contributed by atoms with E-state index in [0.29, 0.717) is 7.11 Å². The van der Waals surface area contributed by atoms with Crippen molar-refractivity contribution in [3.8, 4) is 5.75 Å². The molecule has 1 heterocycles. The van der Waals surface area contributed by atoms with Gasteiger partial charge >= 0.3 is 16.7 Å². The third-order valence-corrected chi connectivity index (χ3v) is 5.52. The number of alkyl halides is 4. The zero-order valence-electron chi connectivity index (χ0n) is 17.4. The fraction of sp³-hybridized carbons (Fsp3) is 0.227. The lowest BCUT2D eigenvalue weighted by molar-refractivity contribution is -0.213. The number of esters is 1. The van der Waals surface area contributed by atoms with E-state index in [9.17, 15) is 23.2 Å². The van der Waals surface area contributed by atoms with Crippen molar-refractivity contribution in [2.75, 3.05) is 7.11 Å². The summed E-state index contributed by atoms with van der Waals surface area (Å²) >= 11 is 1.82. The molecule has 0 bridgehead atoms. The number of carbonyl (C=O) groups is 3. The van der Waals surface area contributed by atoms with Crippen molar-refractivity contribution in [3.05, 3.63) is 65.4 Å². The fourth-order valence-electron chi connectivity index (χ4n) is 3.45. The minimum absolute atomic E-state index is 0.155. The zero-order chi connectivity index (χ0) is 24.6. The third-order valence-electron chi connectivity index (χ3n) is 5.01. The first kappa shape index (κ1) is 24.3.